The van der Waals surface area contributed by atoms with Gasteiger partial charge in [-0.15, -0.1) is 0 Å². The average Bonchev–Trinajstić information content (AvgIpc) is 2.53. The Labute approximate surface area is 148 Å². The van der Waals surface area contributed by atoms with Crippen molar-refractivity contribution < 1.29 is 23.4 Å². The van der Waals surface area contributed by atoms with Gasteiger partial charge in [-0.2, -0.15) is 0 Å². The molecule has 0 aliphatic carbocycles. The molecule has 1 unspecified atom stereocenters. The monoisotopic (exact) mass is 363 g/mol. The zero-order valence-electron chi connectivity index (χ0n) is 16.0. The van der Waals surface area contributed by atoms with Gasteiger partial charge in [0.25, 0.3) is 0 Å². The van der Waals surface area contributed by atoms with Crippen LogP contribution >= 0.6 is 7.75 Å². The molecule has 0 aliphatic heterocycles. The summed E-state index contributed by atoms with van der Waals surface area (Å²) in [6.45, 7) is 5.66. The first-order valence-electron chi connectivity index (χ1n) is 9.80. The van der Waals surface area contributed by atoms with E-state index in [0.29, 0.717) is 6.42 Å². The molecule has 0 aromatic rings. The van der Waals surface area contributed by atoms with Crippen LogP contribution in [0, 0.1) is 0 Å². The number of nitrogens with zero attached hydrogens (tertiary/aromatic N) is 1. The van der Waals surface area contributed by atoms with Gasteiger partial charge in [0.05, 0.1) is 19.5 Å². The number of carbonyl (C=O) groups excluding carboxylic acids is 1. The van der Waals surface area contributed by atoms with Gasteiger partial charge in [-0.05, 0) is 20.3 Å². The van der Waals surface area contributed by atoms with Gasteiger partial charge in [0.2, 0.25) is 0 Å². The largest absolute Gasteiger partial charge is 0.730 e. The third-order valence-corrected chi connectivity index (χ3v) is 6.74. The molecule has 0 aromatic heterocycles. The second-order valence-corrected chi connectivity index (χ2v) is 8.47. The third kappa shape index (κ3) is 8.24. The number of unbranched alkanes of at least 4 members (excludes halogenated alkanes) is 10. The summed E-state index contributed by atoms with van der Waals surface area (Å²) in [5.41, 5.74) is 0. The highest BCUT2D eigenvalue weighted by Gasteiger charge is 2.42. The van der Waals surface area contributed by atoms with Crippen LogP contribution in [0.1, 0.15) is 97.8 Å². The lowest BCUT2D eigenvalue weighted by Crippen LogP contribution is -2.51. The lowest BCUT2D eigenvalue weighted by Gasteiger charge is -2.39. The molecular formula is C18H38NO4P. The third-order valence-electron chi connectivity index (χ3n) is 4.99. The summed E-state index contributed by atoms with van der Waals surface area (Å²) in [5.74, 6) is -0.378. The molecule has 0 bridgehead atoms. The molecular weight excluding hydrogens is 325 g/mol. The number of carbonyl (C=O) groups is 1. The Hall–Kier alpha value is -0.220. The number of hydrogen-bond donors (Lipinski definition) is 1. The lowest BCUT2D eigenvalue weighted by atomic mass is 10.1. The van der Waals surface area contributed by atoms with Gasteiger partial charge in [0.1, 0.15) is 0 Å². The molecule has 0 aliphatic rings. The summed E-state index contributed by atoms with van der Waals surface area (Å²) in [7, 11) is -4.71. The van der Waals surface area contributed by atoms with E-state index in [9.17, 15) is 19.1 Å². The number of quaternary nitrogens is 1. The van der Waals surface area contributed by atoms with E-state index in [-0.39, 0.29) is 25.4 Å². The van der Waals surface area contributed by atoms with Gasteiger partial charge in [0, 0.05) is 0 Å². The van der Waals surface area contributed by atoms with E-state index in [1.807, 2.05) is 0 Å². The standard InChI is InChI=1S/C18H38NO4P/c1-4-7-8-9-10-11-12-13-14-15-16-17-18(20)19(5-2,6-3)24(21,22)23/h4-17H2,1-3H3,(H-,21,22,23). The maximum Gasteiger partial charge on any atom is 0.333 e. The molecule has 24 heavy (non-hydrogen) atoms. The van der Waals surface area contributed by atoms with Crippen molar-refractivity contribution in [3.05, 3.63) is 0 Å². The Bertz CT molecular complexity index is 377. The minimum Gasteiger partial charge on any atom is -0.730 e. The van der Waals surface area contributed by atoms with Gasteiger partial charge in [-0.25, -0.2) is 13.6 Å². The van der Waals surface area contributed by atoms with Crippen molar-refractivity contribution in [3.63, 3.8) is 0 Å². The highest BCUT2D eigenvalue weighted by atomic mass is 31.2. The van der Waals surface area contributed by atoms with Crippen LogP contribution in [-0.4, -0.2) is 28.1 Å². The van der Waals surface area contributed by atoms with Crippen molar-refractivity contribution in [3.8, 4) is 0 Å². The second-order valence-electron chi connectivity index (χ2n) is 6.72. The lowest BCUT2D eigenvalue weighted by molar-refractivity contribution is -0.758. The first-order valence-corrected chi connectivity index (χ1v) is 11.3. The summed E-state index contributed by atoms with van der Waals surface area (Å²) < 4.78 is 10.8. The molecule has 6 heteroatoms. The predicted molar refractivity (Wildman–Crippen MR) is 97.3 cm³/mol. The van der Waals surface area contributed by atoms with E-state index in [1.54, 1.807) is 13.8 Å². The minimum atomic E-state index is -4.71. The quantitative estimate of drug-likeness (QED) is 0.342. The number of amides is 1. The van der Waals surface area contributed by atoms with Crippen molar-refractivity contribution in [2.24, 2.45) is 0 Å². The summed E-state index contributed by atoms with van der Waals surface area (Å²) in [5, 5.41) is 0. The fourth-order valence-corrected chi connectivity index (χ4v) is 4.32. The van der Waals surface area contributed by atoms with E-state index in [4.69, 9.17) is 0 Å². The van der Waals surface area contributed by atoms with Gasteiger partial charge in [0.15, 0.2) is 0 Å². The SMILES string of the molecule is CCCCCCCCCCCCCC(=O)[N+](CC)(CC)P(=O)([O-])O. The molecule has 5 nitrogen and oxygen atoms in total. The Kier molecular flexibility index (Phi) is 12.9. The highest BCUT2D eigenvalue weighted by Crippen LogP contribution is 2.44. The topological polar surface area (TPSA) is 77.4 Å². The smallest absolute Gasteiger partial charge is 0.333 e. The van der Waals surface area contributed by atoms with Gasteiger partial charge < -0.3 is 9.79 Å². The fourth-order valence-electron chi connectivity index (χ4n) is 3.22. The molecule has 1 amide bonds. The average molecular weight is 363 g/mol. The Morgan fingerprint density at radius 1 is 0.833 bits per heavy atom. The minimum absolute atomic E-state index is 0.0879. The van der Waals surface area contributed by atoms with Crippen LogP contribution in [0.25, 0.3) is 0 Å². The van der Waals surface area contributed by atoms with Gasteiger partial charge in [-0.1, -0.05) is 71.1 Å². The van der Waals surface area contributed by atoms with E-state index < -0.39 is 12.0 Å². The van der Waals surface area contributed by atoms with Crippen LogP contribution in [0.15, 0.2) is 0 Å². The molecule has 144 valence electrons. The number of rotatable bonds is 15. The molecule has 1 atom stereocenters. The second kappa shape index (κ2) is 13.0. The van der Waals surface area contributed by atoms with Crippen molar-refractivity contribution in [1.82, 2.24) is 0 Å². The Balaban J connectivity index is 3.84. The molecule has 0 spiro atoms. The van der Waals surface area contributed by atoms with E-state index in [2.05, 4.69) is 6.92 Å². The van der Waals surface area contributed by atoms with Crippen LogP contribution in [0.4, 0.5) is 0 Å². The maximum atomic E-state index is 12.3. The molecule has 0 saturated carbocycles. The first kappa shape index (κ1) is 23.8. The van der Waals surface area contributed by atoms with E-state index in [0.717, 1.165) is 12.8 Å². The van der Waals surface area contributed by atoms with Crippen LogP contribution in [0.3, 0.4) is 0 Å². The highest BCUT2D eigenvalue weighted by molar-refractivity contribution is 7.44. The summed E-state index contributed by atoms with van der Waals surface area (Å²) in [6.07, 6.45) is 13.3. The van der Waals surface area contributed by atoms with Crippen LogP contribution < -0.4 is 4.89 Å². The molecule has 0 aromatic carbocycles. The fraction of sp³-hybridized carbons (Fsp3) is 0.944. The van der Waals surface area contributed by atoms with Crippen LogP contribution in [-0.2, 0) is 9.36 Å². The van der Waals surface area contributed by atoms with Crippen molar-refractivity contribution >= 4 is 13.7 Å². The van der Waals surface area contributed by atoms with Crippen molar-refractivity contribution in [2.45, 2.75) is 97.8 Å². The van der Waals surface area contributed by atoms with Gasteiger partial charge in [-0.3, -0.25) is 0 Å². The maximum absolute atomic E-state index is 12.3. The summed E-state index contributed by atoms with van der Waals surface area (Å²) >= 11 is 0. The predicted octanol–water partition coefficient (Wildman–Crippen LogP) is 4.53. The molecule has 0 heterocycles. The van der Waals surface area contributed by atoms with Crippen molar-refractivity contribution in [1.29, 1.82) is 0 Å². The number of hydrogen-bond acceptors (Lipinski definition) is 3. The summed E-state index contributed by atoms with van der Waals surface area (Å²) in [4.78, 5) is 33.3. The first-order chi connectivity index (χ1) is 11.4. The molecule has 0 saturated heterocycles. The van der Waals surface area contributed by atoms with E-state index in [1.165, 1.54) is 51.4 Å². The molecule has 1 N–H and O–H groups in total. The Morgan fingerprint density at radius 2 is 1.21 bits per heavy atom. The van der Waals surface area contributed by atoms with Gasteiger partial charge >= 0.3 is 13.7 Å². The van der Waals surface area contributed by atoms with Crippen molar-refractivity contribution in [2.75, 3.05) is 13.1 Å². The van der Waals surface area contributed by atoms with Crippen LogP contribution in [0.2, 0.25) is 0 Å². The zero-order valence-corrected chi connectivity index (χ0v) is 16.9. The molecule has 0 rings (SSSR count). The molecule has 0 radical (unpaired) electrons. The van der Waals surface area contributed by atoms with Crippen LogP contribution in [0.5, 0.6) is 0 Å². The normalized spacial score (nSPS) is 14.5. The Morgan fingerprint density at radius 3 is 1.54 bits per heavy atom. The summed E-state index contributed by atoms with van der Waals surface area (Å²) in [6, 6.07) is 0. The zero-order chi connectivity index (χ0) is 18.5. The van der Waals surface area contributed by atoms with E-state index >= 15 is 0 Å². The molecule has 0 fully saturated rings.